The normalized spacial score (nSPS) is 22.1. The first kappa shape index (κ1) is 33.9. The van der Waals surface area contributed by atoms with Gasteiger partial charge in [0.1, 0.15) is 12.1 Å². The van der Waals surface area contributed by atoms with Crippen LogP contribution >= 0.6 is 45.1 Å². The highest BCUT2D eigenvalue weighted by molar-refractivity contribution is 8.87. The van der Waals surface area contributed by atoms with Crippen molar-refractivity contribution >= 4 is 79.2 Å². The fraction of sp³-hybridized carbons (Fsp3) is 0.357. The monoisotopic (exact) mass is 680 g/mol. The van der Waals surface area contributed by atoms with Crippen molar-refractivity contribution in [3.05, 3.63) is 70.8 Å². The van der Waals surface area contributed by atoms with Gasteiger partial charge in [-0.15, -0.1) is 23.5 Å². The van der Waals surface area contributed by atoms with Gasteiger partial charge in [-0.3, -0.25) is 29.0 Å². The summed E-state index contributed by atoms with van der Waals surface area (Å²) in [6.45, 7) is 0.0816. The van der Waals surface area contributed by atoms with Gasteiger partial charge in [-0.25, -0.2) is 9.59 Å². The molecule has 0 amide bonds. The van der Waals surface area contributed by atoms with E-state index < -0.39 is 46.7 Å². The number of benzene rings is 2. The fourth-order valence-electron chi connectivity index (χ4n) is 5.02. The fourth-order valence-corrected chi connectivity index (χ4v) is 9.66. The van der Waals surface area contributed by atoms with E-state index in [1.165, 1.54) is 35.7 Å². The van der Waals surface area contributed by atoms with Gasteiger partial charge in [0.05, 0.1) is 21.9 Å². The number of aromatic carboxylic acids is 2. The number of carbonyl (C=O) groups excluding carboxylic acids is 2. The highest BCUT2D eigenvalue weighted by atomic mass is 33.1. The van der Waals surface area contributed by atoms with Crippen molar-refractivity contribution < 1.29 is 49.2 Å². The number of thioether (sulfide) groups is 2. The lowest BCUT2D eigenvalue weighted by atomic mass is 10.1. The van der Waals surface area contributed by atoms with Crippen LogP contribution in [0.4, 0.5) is 0 Å². The highest BCUT2D eigenvalue weighted by Crippen LogP contribution is 2.44. The van der Waals surface area contributed by atoms with Crippen LogP contribution in [0.2, 0.25) is 0 Å². The van der Waals surface area contributed by atoms with Crippen molar-refractivity contribution in [2.75, 3.05) is 24.6 Å². The minimum absolute atomic E-state index is 0.0408. The molecule has 0 bridgehead atoms. The second kappa shape index (κ2) is 15.3. The van der Waals surface area contributed by atoms with Crippen LogP contribution in [0.25, 0.3) is 0 Å². The molecule has 4 unspecified atom stereocenters. The summed E-state index contributed by atoms with van der Waals surface area (Å²) in [4.78, 5) is 75.9. The van der Waals surface area contributed by atoms with Gasteiger partial charge in [0, 0.05) is 37.4 Å². The Morgan fingerprint density at radius 2 is 1.00 bits per heavy atom. The largest absolute Gasteiger partial charge is 0.480 e. The molecule has 0 aromatic heterocycles. The maximum absolute atomic E-state index is 12.7. The molecule has 2 heterocycles. The zero-order valence-electron chi connectivity index (χ0n) is 22.9. The summed E-state index contributed by atoms with van der Waals surface area (Å²) in [5.41, 5.74) is 1.00. The summed E-state index contributed by atoms with van der Waals surface area (Å²) < 4.78 is 0. The number of nitrogens with zero attached hydrogens (tertiary/aromatic N) is 2. The number of carbonyl (C=O) groups is 6. The number of carboxylic acid groups (broad SMARTS) is 4. The molecule has 16 heteroatoms. The van der Waals surface area contributed by atoms with Crippen LogP contribution in [-0.4, -0.2) is 101 Å². The number of hydrogen-bond acceptors (Lipinski definition) is 12. The third-order valence-corrected chi connectivity index (χ3v) is 12.0. The van der Waals surface area contributed by atoms with Crippen molar-refractivity contribution in [2.45, 2.75) is 35.7 Å². The average molecular weight is 681 g/mol. The Bertz CT molecular complexity index is 1350. The maximum atomic E-state index is 12.7. The van der Waals surface area contributed by atoms with E-state index in [0.29, 0.717) is 32.7 Å². The first-order valence-electron chi connectivity index (χ1n) is 13.2. The second-order valence-corrected chi connectivity index (χ2v) is 14.2. The SMILES string of the molecule is O=C(CCN1C(C(=O)O)CSC1c1ccccc1C(=O)O)SSC(=O)CCN1C(C(=O)O)CSC1c1ccccc1C(=O)O. The van der Waals surface area contributed by atoms with Gasteiger partial charge in [0.2, 0.25) is 10.2 Å². The van der Waals surface area contributed by atoms with Gasteiger partial charge in [0.25, 0.3) is 0 Å². The number of rotatable bonds is 12. The van der Waals surface area contributed by atoms with Gasteiger partial charge in [-0.2, -0.15) is 0 Å². The van der Waals surface area contributed by atoms with E-state index in [-0.39, 0.29) is 58.8 Å². The molecule has 2 aliphatic rings. The molecule has 2 aromatic carbocycles. The smallest absolute Gasteiger partial charge is 0.336 e. The van der Waals surface area contributed by atoms with Crippen LogP contribution in [0.5, 0.6) is 0 Å². The first-order chi connectivity index (χ1) is 21.0. The number of carboxylic acids is 4. The Balaban J connectivity index is 1.34. The summed E-state index contributed by atoms with van der Waals surface area (Å²) in [5, 5.41) is 36.7. The van der Waals surface area contributed by atoms with Crippen molar-refractivity contribution in [1.29, 1.82) is 0 Å². The van der Waals surface area contributed by atoms with Gasteiger partial charge >= 0.3 is 23.9 Å². The molecule has 44 heavy (non-hydrogen) atoms. The van der Waals surface area contributed by atoms with Crippen LogP contribution in [-0.2, 0) is 19.2 Å². The summed E-state index contributed by atoms with van der Waals surface area (Å²) in [7, 11) is 1.42. The van der Waals surface area contributed by atoms with Crippen molar-refractivity contribution in [3.63, 3.8) is 0 Å². The van der Waals surface area contributed by atoms with Crippen LogP contribution in [0.15, 0.2) is 48.5 Å². The standard InChI is InChI=1S/C28H28N2O10S4/c31-21(9-11-29-19(27(37)38)13-41-23(29)15-5-1-3-7-17(15)25(33)34)43-44-22(32)10-12-30-20(28(39)40)14-42-24(30)16-6-2-4-8-18(16)26(35)36/h1-8,19-20,23-24H,9-14H2,(H,33,34)(H,35,36)(H,37,38)(H,39,40). The molecule has 4 rings (SSSR count). The lowest BCUT2D eigenvalue weighted by molar-refractivity contribution is -0.143. The average Bonchev–Trinajstić information content (AvgIpc) is 3.62. The predicted molar refractivity (Wildman–Crippen MR) is 168 cm³/mol. The first-order valence-corrected chi connectivity index (χ1v) is 17.5. The molecule has 2 aliphatic heterocycles. The van der Waals surface area contributed by atoms with Crippen LogP contribution < -0.4 is 0 Å². The van der Waals surface area contributed by atoms with E-state index >= 15 is 0 Å². The highest BCUT2D eigenvalue weighted by Gasteiger charge is 2.42. The second-order valence-electron chi connectivity index (χ2n) is 9.75. The summed E-state index contributed by atoms with van der Waals surface area (Å²) >= 11 is 2.57. The number of aliphatic carboxylic acids is 2. The van der Waals surface area contributed by atoms with Crippen molar-refractivity contribution in [3.8, 4) is 0 Å². The van der Waals surface area contributed by atoms with Crippen LogP contribution in [0.3, 0.4) is 0 Å². The third kappa shape index (κ3) is 7.97. The van der Waals surface area contributed by atoms with Gasteiger partial charge in [-0.1, -0.05) is 36.4 Å². The van der Waals surface area contributed by atoms with Gasteiger partial charge in [0.15, 0.2) is 0 Å². The van der Waals surface area contributed by atoms with Gasteiger partial charge in [-0.05, 0) is 44.8 Å². The Kier molecular flexibility index (Phi) is 11.8. The molecule has 2 fully saturated rings. The zero-order valence-corrected chi connectivity index (χ0v) is 26.2. The summed E-state index contributed by atoms with van der Waals surface area (Å²) in [6, 6.07) is 10.8. The minimum atomic E-state index is -1.14. The molecule has 0 spiro atoms. The summed E-state index contributed by atoms with van der Waals surface area (Å²) in [6.07, 6.45) is -0.169. The van der Waals surface area contributed by atoms with Crippen molar-refractivity contribution in [1.82, 2.24) is 9.80 Å². The van der Waals surface area contributed by atoms with Crippen LogP contribution in [0.1, 0.15) is 55.4 Å². The Hall–Kier alpha value is -3.02. The van der Waals surface area contributed by atoms with Gasteiger partial charge < -0.3 is 20.4 Å². The van der Waals surface area contributed by atoms with E-state index in [1.807, 2.05) is 0 Å². The predicted octanol–water partition coefficient (Wildman–Crippen LogP) is 4.00. The van der Waals surface area contributed by atoms with E-state index in [9.17, 15) is 49.2 Å². The lowest BCUT2D eigenvalue weighted by Gasteiger charge is -2.28. The molecule has 4 atom stereocenters. The van der Waals surface area contributed by atoms with Crippen LogP contribution in [0, 0.1) is 0 Å². The molecule has 12 nitrogen and oxygen atoms in total. The molecule has 4 N–H and O–H groups in total. The van der Waals surface area contributed by atoms with E-state index in [2.05, 4.69) is 0 Å². The molecule has 0 aliphatic carbocycles. The molecule has 0 saturated carbocycles. The van der Waals surface area contributed by atoms with Crippen molar-refractivity contribution in [2.24, 2.45) is 0 Å². The summed E-state index contributed by atoms with van der Waals surface area (Å²) in [5.74, 6) is -4.01. The minimum Gasteiger partial charge on any atom is -0.480 e. The van der Waals surface area contributed by atoms with E-state index in [4.69, 9.17) is 0 Å². The topological polar surface area (TPSA) is 190 Å². The maximum Gasteiger partial charge on any atom is 0.336 e. The number of hydrogen-bond donors (Lipinski definition) is 4. The van der Waals surface area contributed by atoms with E-state index in [1.54, 1.807) is 46.2 Å². The molecule has 0 radical (unpaired) electrons. The Labute approximate surface area is 268 Å². The molecule has 2 saturated heterocycles. The molecular weight excluding hydrogens is 653 g/mol. The quantitative estimate of drug-likeness (QED) is 0.235. The Morgan fingerprint density at radius 1 is 0.636 bits per heavy atom. The van der Waals surface area contributed by atoms with E-state index in [0.717, 1.165) is 0 Å². The molecule has 234 valence electrons. The molecular formula is C28H28N2O10S4. The Morgan fingerprint density at radius 3 is 1.34 bits per heavy atom. The molecule has 2 aromatic rings. The zero-order chi connectivity index (χ0) is 32.0. The third-order valence-electron chi connectivity index (χ3n) is 7.09. The lowest BCUT2D eigenvalue weighted by Crippen LogP contribution is -2.40.